The third kappa shape index (κ3) is 3.36. The van der Waals surface area contributed by atoms with Crippen LogP contribution in [0.4, 0.5) is 0 Å². The van der Waals surface area contributed by atoms with Crippen LogP contribution in [-0.2, 0) is 6.42 Å². The molecule has 1 fully saturated rings. The molecule has 1 aliphatic rings. The quantitative estimate of drug-likeness (QED) is 0.839. The van der Waals surface area contributed by atoms with Gasteiger partial charge in [-0.2, -0.15) is 0 Å². The van der Waals surface area contributed by atoms with E-state index in [4.69, 9.17) is 9.15 Å². The lowest BCUT2D eigenvalue weighted by Crippen LogP contribution is -2.19. The van der Waals surface area contributed by atoms with Gasteiger partial charge in [-0.05, 0) is 44.0 Å². The number of hydrogen-bond acceptors (Lipinski definition) is 5. The van der Waals surface area contributed by atoms with Crippen LogP contribution >= 0.6 is 0 Å². The Morgan fingerprint density at radius 3 is 2.75 bits per heavy atom. The van der Waals surface area contributed by atoms with Crippen molar-refractivity contribution in [3.05, 3.63) is 30.2 Å². The van der Waals surface area contributed by atoms with E-state index < -0.39 is 0 Å². The van der Waals surface area contributed by atoms with E-state index in [0.29, 0.717) is 24.4 Å². The van der Waals surface area contributed by atoms with E-state index in [9.17, 15) is 0 Å². The summed E-state index contributed by atoms with van der Waals surface area (Å²) in [4.78, 5) is 0. The standard InChI is InChI=1S/C15H19N3O2/c1-2-19-13-7-3-11(4-8-13)15-18-17-14(20-15)9-10-16-12-5-6-12/h3-4,7-8,12,16H,2,5-6,9-10H2,1H3. The van der Waals surface area contributed by atoms with Gasteiger partial charge in [0.2, 0.25) is 11.8 Å². The van der Waals surface area contributed by atoms with Crippen LogP contribution in [-0.4, -0.2) is 29.4 Å². The molecule has 5 heteroatoms. The molecule has 5 nitrogen and oxygen atoms in total. The molecule has 3 rings (SSSR count). The first-order valence-corrected chi connectivity index (χ1v) is 7.14. The van der Waals surface area contributed by atoms with Crippen LogP contribution in [0.1, 0.15) is 25.7 Å². The first-order chi connectivity index (χ1) is 9.85. The van der Waals surface area contributed by atoms with Crippen LogP contribution in [0.5, 0.6) is 5.75 Å². The van der Waals surface area contributed by atoms with E-state index >= 15 is 0 Å². The van der Waals surface area contributed by atoms with Gasteiger partial charge in [-0.25, -0.2) is 0 Å². The Labute approximate surface area is 118 Å². The smallest absolute Gasteiger partial charge is 0.247 e. The maximum atomic E-state index is 5.67. The Balaban J connectivity index is 1.59. The van der Waals surface area contributed by atoms with Gasteiger partial charge in [-0.3, -0.25) is 0 Å². The van der Waals surface area contributed by atoms with Gasteiger partial charge >= 0.3 is 0 Å². The molecule has 1 aromatic carbocycles. The first kappa shape index (κ1) is 13.1. The van der Waals surface area contributed by atoms with E-state index in [1.807, 2.05) is 31.2 Å². The number of nitrogens with one attached hydrogen (secondary N) is 1. The second-order valence-corrected chi connectivity index (χ2v) is 4.94. The topological polar surface area (TPSA) is 60.2 Å². The predicted octanol–water partition coefficient (Wildman–Crippen LogP) is 2.43. The lowest BCUT2D eigenvalue weighted by molar-refractivity contribution is 0.340. The zero-order valence-corrected chi connectivity index (χ0v) is 11.6. The van der Waals surface area contributed by atoms with Crippen LogP contribution in [0.3, 0.4) is 0 Å². The second-order valence-electron chi connectivity index (χ2n) is 4.94. The molecular formula is C15H19N3O2. The number of benzene rings is 1. The minimum atomic E-state index is 0.564. The average Bonchev–Trinajstić information content (AvgIpc) is 3.17. The molecule has 106 valence electrons. The van der Waals surface area contributed by atoms with Crippen molar-refractivity contribution in [2.24, 2.45) is 0 Å². The van der Waals surface area contributed by atoms with E-state index in [1.165, 1.54) is 12.8 Å². The Morgan fingerprint density at radius 1 is 1.25 bits per heavy atom. The zero-order valence-electron chi connectivity index (χ0n) is 11.6. The Kier molecular flexibility index (Phi) is 3.97. The van der Waals surface area contributed by atoms with Gasteiger partial charge in [0.1, 0.15) is 5.75 Å². The van der Waals surface area contributed by atoms with Crippen molar-refractivity contribution in [2.75, 3.05) is 13.2 Å². The summed E-state index contributed by atoms with van der Waals surface area (Å²) in [7, 11) is 0. The molecule has 0 amide bonds. The van der Waals surface area contributed by atoms with Crippen molar-refractivity contribution in [1.29, 1.82) is 0 Å². The van der Waals surface area contributed by atoms with E-state index in [1.54, 1.807) is 0 Å². The van der Waals surface area contributed by atoms with Crippen molar-refractivity contribution in [3.8, 4) is 17.2 Å². The number of rotatable bonds is 7. The molecule has 1 heterocycles. The minimum absolute atomic E-state index is 0.564. The van der Waals surface area contributed by atoms with Crippen LogP contribution in [0.2, 0.25) is 0 Å². The fourth-order valence-corrected chi connectivity index (χ4v) is 2.00. The minimum Gasteiger partial charge on any atom is -0.494 e. The molecule has 2 aromatic rings. The van der Waals surface area contributed by atoms with Crippen molar-refractivity contribution in [2.45, 2.75) is 32.2 Å². The molecule has 0 saturated heterocycles. The Bertz CT molecular complexity index is 547. The van der Waals surface area contributed by atoms with Gasteiger partial charge in [0.05, 0.1) is 6.61 Å². The highest BCUT2D eigenvalue weighted by Gasteiger charge is 2.20. The molecule has 1 aromatic heterocycles. The molecule has 1 N–H and O–H groups in total. The van der Waals surface area contributed by atoms with E-state index in [-0.39, 0.29) is 0 Å². The molecule has 0 spiro atoms. The molecule has 0 atom stereocenters. The van der Waals surface area contributed by atoms with Gasteiger partial charge in [0.25, 0.3) is 0 Å². The van der Waals surface area contributed by atoms with E-state index in [2.05, 4.69) is 15.5 Å². The molecule has 0 bridgehead atoms. The molecule has 1 aliphatic carbocycles. The third-order valence-corrected chi connectivity index (χ3v) is 3.23. The van der Waals surface area contributed by atoms with E-state index in [0.717, 1.165) is 24.3 Å². The fourth-order valence-electron chi connectivity index (χ4n) is 2.00. The summed E-state index contributed by atoms with van der Waals surface area (Å²) >= 11 is 0. The summed E-state index contributed by atoms with van der Waals surface area (Å²) in [5, 5.41) is 11.6. The van der Waals surface area contributed by atoms with Crippen LogP contribution < -0.4 is 10.1 Å². The van der Waals surface area contributed by atoms with Gasteiger partial charge < -0.3 is 14.5 Å². The molecule has 1 saturated carbocycles. The van der Waals surface area contributed by atoms with Crippen LogP contribution in [0.25, 0.3) is 11.5 Å². The molecule has 0 aliphatic heterocycles. The number of nitrogens with zero attached hydrogens (tertiary/aromatic N) is 2. The normalized spacial score (nSPS) is 14.4. The average molecular weight is 273 g/mol. The van der Waals surface area contributed by atoms with Crippen molar-refractivity contribution >= 4 is 0 Å². The third-order valence-electron chi connectivity index (χ3n) is 3.23. The summed E-state index contributed by atoms with van der Waals surface area (Å²) in [5.74, 6) is 2.10. The summed E-state index contributed by atoms with van der Waals surface area (Å²) in [6.45, 7) is 3.53. The maximum Gasteiger partial charge on any atom is 0.247 e. The second kappa shape index (κ2) is 6.05. The molecule has 20 heavy (non-hydrogen) atoms. The summed E-state index contributed by atoms with van der Waals surface area (Å²) in [6, 6.07) is 8.41. The number of ether oxygens (including phenoxy) is 1. The van der Waals surface area contributed by atoms with Gasteiger partial charge in [-0.15, -0.1) is 10.2 Å². The monoisotopic (exact) mass is 273 g/mol. The fraction of sp³-hybridized carbons (Fsp3) is 0.467. The van der Waals surface area contributed by atoms with Crippen LogP contribution in [0.15, 0.2) is 28.7 Å². The largest absolute Gasteiger partial charge is 0.494 e. The predicted molar refractivity (Wildman–Crippen MR) is 75.6 cm³/mol. The highest BCUT2D eigenvalue weighted by Crippen LogP contribution is 2.22. The molecule has 0 radical (unpaired) electrons. The lowest BCUT2D eigenvalue weighted by atomic mass is 10.2. The van der Waals surface area contributed by atoms with Gasteiger partial charge in [-0.1, -0.05) is 0 Å². The van der Waals surface area contributed by atoms with Crippen molar-refractivity contribution in [1.82, 2.24) is 15.5 Å². The molecular weight excluding hydrogens is 254 g/mol. The Hall–Kier alpha value is -1.88. The van der Waals surface area contributed by atoms with Gasteiger partial charge in [0.15, 0.2) is 0 Å². The summed E-state index contributed by atoms with van der Waals surface area (Å²) < 4.78 is 11.1. The van der Waals surface area contributed by atoms with Crippen molar-refractivity contribution < 1.29 is 9.15 Å². The Morgan fingerprint density at radius 2 is 2.05 bits per heavy atom. The number of aromatic nitrogens is 2. The zero-order chi connectivity index (χ0) is 13.8. The van der Waals surface area contributed by atoms with Crippen molar-refractivity contribution in [3.63, 3.8) is 0 Å². The lowest BCUT2D eigenvalue weighted by Gasteiger charge is -2.02. The van der Waals surface area contributed by atoms with Gasteiger partial charge in [0, 0.05) is 24.6 Å². The molecule has 0 unspecified atom stereocenters. The number of hydrogen-bond donors (Lipinski definition) is 1. The summed E-state index contributed by atoms with van der Waals surface area (Å²) in [6.07, 6.45) is 3.36. The van der Waals surface area contributed by atoms with Crippen LogP contribution in [0, 0.1) is 0 Å². The summed E-state index contributed by atoms with van der Waals surface area (Å²) in [5.41, 5.74) is 0.919. The first-order valence-electron chi connectivity index (χ1n) is 7.14. The SMILES string of the molecule is CCOc1ccc(-c2nnc(CCNC3CC3)o2)cc1. The highest BCUT2D eigenvalue weighted by atomic mass is 16.5. The highest BCUT2D eigenvalue weighted by molar-refractivity contribution is 5.53. The maximum absolute atomic E-state index is 5.67.